The summed E-state index contributed by atoms with van der Waals surface area (Å²) in [6.07, 6.45) is 18.9. The molecule has 2 nitrogen and oxygen atoms in total. The summed E-state index contributed by atoms with van der Waals surface area (Å²) in [5.74, 6) is -0.833. The minimum atomic E-state index is -0.833. The molecule has 0 amide bonds. The van der Waals surface area contributed by atoms with E-state index in [-0.39, 0.29) is 0 Å². The fraction of sp³-hybridized carbons (Fsp3) is 0.941. The lowest BCUT2D eigenvalue weighted by Gasteiger charge is -2.01. The lowest BCUT2D eigenvalue weighted by atomic mass is 10.1. The summed E-state index contributed by atoms with van der Waals surface area (Å²) in [5.41, 5.74) is 0. The van der Waals surface area contributed by atoms with Crippen LogP contribution >= 0.6 is 0 Å². The van der Waals surface area contributed by atoms with Gasteiger partial charge in [0, 0.05) is 6.92 Å². The highest BCUT2D eigenvalue weighted by Gasteiger charge is 1.92. The molecule has 1 N–H and O–H groups in total. The molecular weight excluding hydrogens is 236 g/mol. The maximum Gasteiger partial charge on any atom is 0.300 e. The van der Waals surface area contributed by atoms with Crippen molar-refractivity contribution in [1.82, 2.24) is 0 Å². The van der Waals surface area contributed by atoms with Crippen molar-refractivity contribution in [3.8, 4) is 0 Å². The van der Waals surface area contributed by atoms with Gasteiger partial charge in [-0.2, -0.15) is 0 Å². The first-order chi connectivity index (χ1) is 9.15. The highest BCUT2D eigenvalue weighted by Crippen LogP contribution is 2.12. The zero-order valence-corrected chi connectivity index (χ0v) is 13.5. The molecule has 0 spiro atoms. The third-order valence-electron chi connectivity index (χ3n) is 3.21. The van der Waals surface area contributed by atoms with Crippen LogP contribution in [0.2, 0.25) is 0 Å². The van der Waals surface area contributed by atoms with E-state index >= 15 is 0 Å². The number of rotatable bonds is 12. The minimum Gasteiger partial charge on any atom is -0.481 e. The largest absolute Gasteiger partial charge is 0.481 e. The van der Waals surface area contributed by atoms with Crippen LogP contribution < -0.4 is 0 Å². The quantitative estimate of drug-likeness (QED) is 0.430. The van der Waals surface area contributed by atoms with Crippen molar-refractivity contribution < 1.29 is 9.90 Å². The predicted molar refractivity (Wildman–Crippen MR) is 84.7 cm³/mol. The molecule has 0 radical (unpaired) electrons. The standard InChI is InChI=1S/C15H32.C2H4O2/c1-3-5-7-9-11-13-15-14-12-10-8-6-4-2;1-2(3)4/h3-15H2,1-2H3;1H3,(H,3,4). The van der Waals surface area contributed by atoms with E-state index in [4.69, 9.17) is 9.90 Å². The maximum absolute atomic E-state index is 9.00. The van der Waals surface area contributed by atoms with Gasteiger partial charge in [-0.15, -0.1) is 0 Å². The molecule has 0 aliphatic carbocycles. The molecule has 0 aliphatic rings. The molecule has 0 atom stereocenters. The van der Waals surface area contributed by atoms with Gasteiger partial charge in [0.15, 0.2) is 0 Å². The van der Waals surface area contributed by atoms with E-state index in [1.165, 1.54) is 83.5 Å². The van der Waals surface area contributed by atoms with Gasteiger partial charge in [-0.3, -0.25) is 4.79 Å². The minimum absolute atomic E-state index is 0.833. The van der Waals surface area contributed by atoms with E-state index in [1.807, 2.05) is 0 Å². The van der Waals surface area contributed by atoms with Gasteiger partial charge in [0.25, 0.3) is 5.97 Å². The molecule has 2 heteroatoms. The smallest absolute Gasteiger partial charge is 0.300 e. The Bertz CT molecular complexity index is 151. The van der Waals surface area contributed by atoms with Crippen LogP contribution in [0.4, 0.5) is 0 Å². The topological polar surface area (TPSA) is 37.3 Å². The summed E-state index contributed by atoms with van der Waals surface area (Å²) >= 11 is 0. The van der Waals surface area contributed by atoms with Gasteiger partial charge in [0.2, 0.25) is 0 Å². The van der Waals surface area contributed by atoms with Gasteiger partial charge in [0.1, 0.15) is 0 Å². The SMILES string of the molecule is CC(=O)O.CCCCCCCCCCCCCCC. The first-order valence-electron chi connectivity index (χ1n) is 8.34. The van der Waals surface area contributed by atoms with Crippen molar-refractivity contribution >= 4 is 5.97 Å². The summed E-state index contributed by atoms with van der Waals surface area (Å²) in [6.45, 7) is 5.66. The van der Waals surface area contributed by atoms with Gasteiger partial charge in [-0.05, 0) is 0 Å². The molecular formula is C17H36O2. The van der Waals surface area contributed by atoms with Crippen molar-refractivity contribution in [1.29, 1.82) is 0 Å². The van der Waals surface area contributed by atoms with Crippen LogP contribution in [0.15, 0.2) is 0 Å². The highest BCUT2D eigenvalue weighted by atomic mass is 16.4. The van der Waals surface area contributed by atoms with Gasteiger partial charge in [0.05, 0.1) is 0 Å². The summed E-state index contributed by atoms with van der Waals surface area (Å²) in [4.78, 5) is 9.00. The van der Waals surface area contributed by atoms with E-state index < -0.39 is 5.97 Å². The number of unbranched alkanes of at least 4 members (excludes halogenated alkanes) is 12. The van der Waals surface area contributed by atoms with Crippen molar-refractivity contribution in [3.05, 3.63) is 0 Å². The molecule has 0 heterocycles. The van der Waals surface area contributed by atoms with Crippen LogP contribution in [0.25, 0.3) is 0 Å². The normalized spacial score (nSPS) is 9.84. The molecule has 0 saturated heterocycles. The molecule has 0 bridgehead atoms. The third kappa shape index (κ3) is 31.8. The molecule has 19 heavy (non-hydrogen) atoms. The third-order valence-corrected chi connectivity index (χ3v) is 3.21. The molecule has 0 aliphatic heterocycles. The maximum atomic E-state index is 9.00. The summed E-state index contributed by atoms with van der Waals surface area (Å²) < 4.78 is 0. The van der Waals surface area contributed by atoms with Crippen LogP contribution in [0, 0.1) is 0 Å². The Balaban J connectivity index is 0. The number of carboxylic acid groups (broad SMARTS) is 1. The second kappa shape index (κ2) is 19.8. The van der Waals surface area contributed by atoms with Crippen molar-refractivity contribution in [2.75, 3.05) is 0 Å². The fourth-order valence-electron chi connectivity index (χ4n) is 2.09. The molecule has 116 valence electrons. The molecule has 0 rings (SSSR count). The monoisotopic (exact) mass is 272 g/mol. The molecule has 0 fully saturated rings. The fourth-order valence-corrected chi connectivity index (χ4v) is 2.09. The van der Waals surface area contributed by atoms with Gasteiger partial charge < -0.3 is 5.11 Å². The van der Waals surface area contributed by atoms with Gasteiger partial charge in [-0.25, -0.2) is 0 Å². The lowest BCUT2D eigenvalue weighted by molar-refractivity contribution is -0.134. The Kier molecular flexibility index (Phi) is 21.7. The Morgan fingerprint density at radius 1 is 0.632 bits per heavy atom. The van der Waals surface area contributed by atoms with Gasteiger partial charge >= 0.3 is 0 Å². The van der Waals surface area contributed by atoms with Crippen LogP contribution in [-0.4, -0.2) is 11.1 Å². The summed E-state index contributed by atoms with van der Waals surface area (Å²) in [5, 5.41) is 7.42. The van der Waals surface area contributed by atoms with E-state index in [2.05, 4.69) is 13.8 Å². The first kappa shape index (κ1) is 20.8. The molecule has 0 aromatic carbocycles. The lowest BCUT2D eigenvalue weighted by Crippen LogP contribution is -1.82. The van der Waals surface area contributed by atoms with Crippen LogP contribution in [0.1, 0.15) is 104 Å². The number of hydrogen-bond donors (Lipinski definition) is 1. The Hall–Kier alpha value is -0.530. The van der Waals surface area contributed by atoms with E-state index in [0.717, 1.165) is 6.92 Å². The van der Waals surface area contributed by atoms with E-state index in [1.54, 1.807) is 0 Å². The zero-order valence-electron chi connectivity index (χ0n) is 13.5. The van der Waals surface area contributed by atoms with Crippen LogP contribution in [0.3, 0.4) is 0 Å². The van der Waals surface area contributed by atoms with Crippen molar-refractivity contribution in [2.24, 2.45) is 0 Å². The molecule has 0 saturated carbocycles. The average molecular weight is 272 g/mol. The second-order valence-electron chi connectivity index (χ2n) is 5.41. The van der Waals surface area contributed by atoms with E-state index in [0.29, 0.717) is 0 Å². The molecule has 0 unspecified atom stereocenters. The molecule has 0 aromatic rings. The predicted octanol–water partition coefficient (Wildman–Crippen LogP) is 6.19. The summed E-state index contributed by atoms with van der Waals surface area (Å²) in [7, 11) is 0. The zero-order chi connectivity index (χ0) is 14.8. The Morgan fingerprint density at radius 3 is 0.947 bits per heavy atom. The first-order valence-corrected chi connectivity index (χ1v) is 8.34. The van der Waals surface area contributed by atoms with Crippen LogP contribution in [0.5, 0.6) is 0 Å². The Labute approximate surface area is 121 Å². The second-order valence-corrected chi connectivity index (χ2v) is 5.41. The summed E-state index contributed by atoms with van der Waals surface area (Å²) in [6, 6.07) is 0. The van der Waals surface area contributed by atoms with Crippen LogP contribution in [-0.2, 0) is 4.79 Å². The Morgan fingerprint density at radius 2 is 0.789 bits per heavy atom. The van der Waals surface area contributed by atoms with Gasteiger partial charge in [-0.1, -0.05) is 97.3 Å². The van der Waals surface area contributed by atoms with E-state index in [9.17, 15) is 0 Å². The van der Waals surface area contributed by atoms with Crippen molar-refractivity contribution in [2.45, 2.75) is 104 Å². The number of aliphatic carboxylic acids is 1. The van der Waals surface area contributed by atoms with Crippen molar-refractivity contribution in [3.63, 3.8) is 0 Å². The average Bonchev–Trinajstić information content (AvgIpc) is 2.35. The molecule has 0 aromatic heterocycles. The number of hydrogen-bond acceptors (Lipinski definition) is 1. The number of carbonyl (C=O) groups is 1. The highest BCUT2D eigenvalue weighted by molar-refractivity contribution is 5.62. The number of carboxylic acids is 1.